The van der Waals surface area contributed by atoms with E-state index in [1.54, 1.807) is 31.8 Å². The zero-order valence-electron chi connectivity index (χ0n) is 16.0. The molecule has 1 saturated heterocycles. The molecule has 1 fully saturated rings. The van der Waals surface area contributed by atoms with Crippen molar-refractivity contribution >= 4 is 11.5 Å². The van der Waals surface area contributed by atoms with Gasteiger partial charge in [0.05, 0.1) is 12.0 Å². The topological polar surface area (TPSA) is 94.1 Å². The molecule has 0 amide bonds. The SMILES string of the molecule is Cn1cnc(N2CCC(c3nnc4ccc(-c5cccnc5)nn34)CC2)cc1=O. The fourth-order valence-corrected chi connectivity index (χ4v) is 3.72. The number of fused-ring (bicyclic) bond motifs is 1. The van der Waals surface area contributed by atoms with Crippen LogP contribution in [0.1, 0.15) is 24.6 Å². The van der Waals surface area contributed by atoms with Gasteiger partial charge in [0.15, 0.2) is 11.5 Å². The van der Waals surface area contributed by atoms with Crippen LogP contribution in [-0.4, -0.2) is 47.4 Å². The number of hydrogen-bond acceptors (Lipinski definition) is 7. The third kappa shape index (κ3) is 3.24. The molecule has 5 heterocycles. The Morgan fingerprint density at radius 3 is 2.72 bits per heavy atom. The summed E-state index contributed by atoms with van der Waals surface area (Å²) in [5.74, 6) is 1.86. The van der Waals surface area contributed by atoms with Gasteiger partial charge in [0.25, 0.3) is 5.56 Å². The molecule has 0 bridgehead atoms. The number of hydrogen-bond donors (Lipinski definition) is 0. The lowest BCUT2D eigenvalue weighted by Crippen LogP contribution is -2.35. The van der Waals surface area contributed by atoms with Crippen LogP contribution >= 0.6 is 0 Å². The van der Waals surface area contributed by atoms with Gasteiger partial charge in [-0.05, 0) is 37.1 Å². The van der Waals surface area contributed by atoms with Crippen LogP contribution in [0.4, 0.5) is 5.82 Å². The molecule has 1 aliphatic rings. The average molecular weight is 388 g/mol. The average Bonchev–Trinajstić information content (AvgIpc) is 3.20. The number of rotatable bonds is 3. The van der Waals surface area contributed by atoms with Crippen LogP contribution in [-0.2, 0) is 7.05 Å². The first-order chi connectivity index (χ1) is 14.2. The maximum atomic E-state index is 11.9. The molecule has 4 aromatic rings. The third-order valence-electron chi connectivity index (χ3n) is 5.39. The van der Waals surface area contributed by atoms with Crippen LogP contribution in [0.2, 0.25) is 0 Å². The smallest absolute Gasteiger partial charge is 0.255 e. The highest BCUT2D eigenvalue weighted by Gasteiger charge is 2.26. The summed E-state index contributed by atoms with van der Waals surface area (Å²) in [7, 11) is 1.70. The van der Waals surface area contributed by atoms with Crippen LogP contribution in [0.15, 0.2) is 53.8 Å². The van der Waals surface area contributed by atoms with Gasteiger partial charge in [-0.3, -0.25) is 9.78 Å². The normalized spacial score (nSPS) is 15.1. The Morgan fingerprint density at radius 1 is 1.10 bits per heavy atom. The number of aromatic nitrogens is 7. The molecule has 0 radical (unpaired) electrons. The molecule has 146 valence electrons. The Balaban J connectivity index is 1.39. The number of aryl methyl sites for hydroxylation is 1. The maximum Gasteiger partial charge on any atom is 0.255 e. The fraction of sp³-hybridized carbons (Fsp3) is 0.300. The van der Waals surface area contributed by atoms with Crippen LogP contribution in [0.25, 0.3) is 16.9 Å². The van der Waals surface area contributed by atoms with Gasteiger partial charge in [0, 0.05) is 50.1 Å². The number of nitrogens with zero attached hydrogens (tertiary/aromatic N) is 8. The molecule has 9 heteroatoms. The van der Waals surface area contributed by atoms with Crippen molar-refractivity contribution in [2.24, 2.45) is 7.05 Å². The summed E-state index contributed by atoms with van der Waals surface area (Å²) in [6, 6.07) is 9.35. The molecule has 0 saturated carbocycles. The second-order valence-electron chi connectivity index (χ2n) is 7.25. The van der Waals surface area contributed by atoms with Gasteiger partial charge in [-0.2, -0.15) is 9.61 Å². The van der Waals surface area contributed by atoms with Gasteiger partial charge in [-0.15, -0.1) is 10.2 Å². The minimum Gasteiger partial charge on any atom is -0.356 e. The minimum absolute atomic E-state index is 0.0484. The zero-order valence-corrected chi connectivity index (χ0v) is 16.0. The molecule has 0 atom stereocenters. The van der Waals surface area contributed by atoms with Gasteiger partial charge in [-0.25, -0.2) is 4.98 Å². The molecule has 0 N–H and O–H groups in total. The van der Waals surface area contributed by atoms with Crippen LogP contribution in [0.3, 0.4) is 0 Å². The highest BCUT2D eigenvalue weighted by molar-refractivity contribution is 5.58. The van der Waals surface area contributed by atoms with E-state index in [4.69, 9.17) is 5.10 Å². The lowest BCUT2D eigenvalue weighted by atomic mass is 9.96. The van der Waals surface area contributed by atoms with Crippen molar-refractivity contribution < 1.29 is 0 Å². The predicted molar refractivity (Wildman–Crippen MR) is 108 cm³/mol. The first-order valence-electron chi connectivity index (χ1n) is 9.59. The summed E-state index contributed by atoms with van der Waals surface area (Å²) in [6.07, 6.45) is 6.91. The Labute approximate surface area is 166 Å². The molecule has 0 aromatic carbocycles. The molecular formula is C20H20N8O. The van der Waals surface area contributed by atoms with E-state index in [-0.39, 0.29) is 11.5 Å². The summed E-state index contributed by atoms with van der Waals surface area (Å²) in [4.78, 5) is 22.6. The first-order valence-corrected chi connectivity index (χ1v) is 9.59. The van der Waals surface area contributed by atoms with E-state index in [0.717, 1.165) is 54.5 Å². The molecule has 0 aliphatic carbocycles. The summed E-state index contributed by atoms with van der Waals surface area (Å²) in [6.45, 7) is 1.62. The third-order valence-corrected chi connectivity index (χ3v) is 5.39. The molecule has 4 aromatic heterocycles. The fourth-order valence-electron chi connectivity index (χ4n) is 3.72. The van der Waals surface area contributed by atoms with E-state index >= 15 is 0 Å². The highest BCUT2D eigenvalue weighted by Crippen LogP contribution is 2.29. The highest BCUT2D eigenvalue weighted by atomic mass is 16.1. The maximum absolute atomic E-state index is 11.9. The van der Waals surface area contributed by atoms with Crippen molar-refractivity contribution in [2.45, 2.75) is 18.8 Å². The summed E-state index contributed by atoms with van der Waals surface area (Å²) < 4.78 is 3.32. The van der Waals surface area contributed by atoms with Crippen molar-refractivity contribution in [1.82, 2.24) is 34.3 Å². The van der Waals surface area contributed by atoms with Crippen molar-refractivity contribution in [2.75, 3.05) is 18.0 Å². The Morgan fingerprint density at radius 2 is 1.97 bits per heavy atom. The number of anilines is 1. The summed E-state index contributed by atoms with van der Waals surface area (Å²) in [5.41, 5.74) is 2.49. The van der Waals surface area contributed by atoms with E-state index in [1.807, 2.05) is 28.8 Å². The van der Waals surface area contributed by atoms with E-state index < -0.39 is 0 Å². The largest absolute Gasteiger partial charge is 0.356 e. The van der Waals surface area contributed by atoms with Gasteiger partial charge in [0.1, 0.15) is 5.82 Å². The number of piperidine rings is 1. The molecular weight excluding hydrogens is 368 g/mol. The zero-order chi connectivity index (χ0) is 19.8. The second-order valence-corrected chi connectivity index (χ2v) is 7.25. The lowest BCUT2D eigenvalue weighted by Gasteiger charge is -2.31. The predicted octanol–water partition coefficient (Wildman–Crippen LogP) is 1.66. The quantitative estimate of drug-likeness (QED) is 0.527. The lowest BCUT2D eigenvalue weighted by molar-refractivity contribution is 0.474. The van der Waals surface area contributed by atoms with Crippen molar-refractivity contribution in [3.8, 4) is 11.3 Å². The molecule has 9 nitrogen and oxygen atoms in total. The monoisotopic (exact) mass is 388 g/mol. The molecule has 1 aliphatic heterocycles. The second kappa shape index (κ2) is 7.08. The minimum atomic E-state index is -0.0484. The van der Waals surface area contributed by atoms with Gasteiger partial charge < -0.3 is 9.47 Å². The van der Waals surface area contributed by atoms with E-state index in [9.17, 15) is 4.79 Å². The molecule has 0 unspecified atom stereocenters. The first kappa shape index (κ1) is 17.5. The Bertz CT molecular complexity index is 1210. The van der Waals surface area contributed by atoms with Gasteiger partial charge >= 0.3 is 0 Å². The van der Waals surface area contributed by atoms with Crippen LogP contribution in [0.5, 0.6) is 0 Å². The van der Waals surface area contributed by atoms with E-state index in [2.05, 4.69) is 25.1 Å². The molecule has 29 heavy (non-hydrogen) atoms. The van der Waals surface area contributed by atoms with Gasteiger partial charge in [-0.1, -0.05) is 0 Å². The standard InChI is InChI=1S/C20H20N8O/c1-26-13-22-18(11-19(26)29)27-9-6-14(7-10-27)20-24-23-17-5-4-16(25-28(17)20)15-3-2-8-21-12-15/h2-5,8,11-14H,6-7,9-10H2,1H3. The van der Waals surface area contributed by atoms with E-state index in [1.165, 1.54) is 4.57 Å². The van der Waals surface area contributed by atoms with Crippen molar-refractivity contribution in [1.29, 1.82) is 0 Å². The van der Waals surface area contributed by atoms with E-state index in [0.29, 0.717) is 0 Å². The summed E-state index contributed by atoms with van der Waals surface area (Å²) >= 11 is 0. The van der Waals surface area contributed by atoms with Crippen molar-refractivity contribution in [3.05, 3.63) is 65.2 Å². The Hall–Kier alpha value is -3.62. The van der Waals surface area contributed by atoms with Crippen LogP contribution < -0.4 is 10.5 Å². The Kier molecular flexibility index (Phi) is 4.27. The summed E-state index contributed by atoms with van der Waals surface area (Å²) in [5, 5.41) is 13.5. The van der Waals surface area contributed by atoms with Crippen LogP contribution in [0, 0.1) is 0 Å². The molecule has 0 spiro atoms. The number of pyridine rings is 1. The van der Waals surface area contributed by atoms with Gasteiger partial charge in [0.2, 0.25) is 0 Å². The van der Waals surface area contributed by atoms with Crippen molar-refractivity contribution in [3.63, 3.8) is 0 Å². The molecule has 5 rings (SSSR count).